The van der Waals surface area contributed by atoms with E-state index in [1.54, 1.807) is 35.6 Å². The summed E-state index contributed by atoms with van der Waals surface area (Å²) in [6, 6.07) is 9.12. The molecule has 0 spiro atoms. The number of hydrogen-bond acceptors (Lipinski definition) is 5. The molecule has 0 atom stereocenters. The largest absolute Gasteiger partial charge is 0.482 e. The number of imidazole rings is 1. The van der Waals surface area contributed by atoms with Gasteiger partial charge in [-0.25, -0.2) is 9.97 Å². The quantitative estimate of drug-likeness (QED) is 0.308. The summed E-state index contributed by atoms with van der Waals surface area (Å²) in [6.45, 7) is 5.20. The summed E-state index contributed by atoms with van der Waals surface area (Å²) in [5, 5.41) is 1.54. The molecule has 2 aromatic heterocycles. The molecule has 166 valence electrons. The molecule has 0 fully saturated rings. The van der Waals surface area contributed by atoms with Crippen molar-refractivity contribution in [3.63, 3.8) is 0 Å². The number of halogens is 2. The molecule has 32 heavy (non-hydrogen) atoms. The van der Waals surface area contributed by atoms with Gasteiger partial charge in [-0.05, 0) is 55.7 Å². The van der Waals surface area contributed by atoms with Crippen LogP contribution in [-0.4, -0.2) is 33.6 Å². The number of ether oxygens (including phenoxy) is 1. The van der Waals surface area contributed by atoms with Crippen LogP contribution in [0.15, 0.2) is 49.1 Å². The van der Waals surface area contributed by atoms with E-state index in [9.17, 15) is 4.79 Å². The van der Waals surface area contributed by atoms with Gasteiger partial charge in [0.1, 0.15) is 5.75 Å². The van der Waals surface area contributed by atoms with Gasteiger partial charge in [0.2, 0.25) is 0 Å². The normalized spacial score (nSPS) is 11.1. The van der Waals surface area contributed by atoms with Gasteiger partial charge in [0.05, 0.1) is 21.6 Å². The molecule has 0 saturated heterocycles. The Morgan fingerprint density at radius 2 is 2.06 bits per heavy atom. The standard InChI is InChI=1S/C23H22Cl2N4O2S/c1-15-10-16(2)22-20(11-15)32-23(27-22)29(8-3-7-28-9-6-26-14-28)21(30)13-31-19-5-4-17(24)12-18(19)25/h4-6,9-12,14H,3,7-8,13H2,1-2H3. The average molecular weight is 489 g/mol. The Morgan fingerprint density at radius 1 is 1.22 bits per heavy atom. The zero-order chi connectivity index (χ0) is 22.7. The van der Waals surface area contributed by atoms with Crippen LogP contribution in [0, 0.1) is 13.8 Å². The summed E-state index contributed by atoms with van der Waals surface area (Å²) in [7, 11) is 0. The van der Waals surface area contributed by atoms with Gasteiger partial charge >= 0.3 is 0 Å². The fourth-order valence-electron chi connectivity index (χ4n) is 3.44. The summed E-state index contributed by atoms with van der Waals surface area (Å²) in [6.07, 6.45) is 6.16. The molecule has 6 nitrogen and oxygen atoms in total. The fraction of sp³-hybridized carbons (Fsp3) is 0.261. The maximum Gasteiger partial charge on any atom is 0.266 e. The molecule has 0 aliphatic heterocycles. The van der Waals surface area contributed by atoms with Crippen LogP contribution in [0.25, 0.3) is 10.2 Å². The van der Waals surface area contributed by atoms with Crippen LogP contribution in [0.2, 0.25) is 10.0 Å². The highest BCUT2D eigenvalue weighted by Crippen LogP contribution is 2.32. The molecule has 1 amide bonds. The van der Waals surface area contributed by atoms with E-state index in [1.165, 1.54) is 16.9 Å². The van der Waals surface area contributed by atoms with E-state index in [0.29, 0.717) is 27.5 Å². The van der Waals surface area contributed by atoms with Crippen LogP contribution in [0.1, 0.15) is 17.5 Å². The van der Waals surface area contributed by atoms with Crippen molar-refractivity contribution in [2.24, 2.45) is 0 Å². The number of nitrogens with zero attached hydrogens (tertiary/aromatic N) is 4. The van der Waals surface area contributed by atoms with Crippen molar-refractivity contribution in [2.75, 3.05) is 18.1 Å². The number of hydrogen-bond donors (Lipinski definition) is 0. The Labute approximate surface area is 200 Å². The van der Waals surface area contributed by atoms with E-state index in [0.717, 1.165) is 28.7 Å². The van der Waals surface area contributed by atoms with Crippen molar-refractivity contribution >= 4 is 55.8 Å². The highest BCUT2D eigenvalue weighted by atomic mass is 35.5. The number of fused-ring (bicyclic) bond motifs is 1. The van der Waals surface area contributed by atoms with Crippen molar-refractivity contribution < 1.29 is 9.53 Å². The Balaban J connectivity index is 1.55. The number of amides is 1. The molecule has 0 saturated carbocycles. The van der Waals surface area contributed by atoms with Crippen LogP contribution >= 0.6 is 34.5 Å². The lowest BCUT2D eigenvalue weighted by Gasteiger charge is -2.20. The van der Waals surface area contributed by atoms with Crippen LogP contribution in [-0.2, 0) is 11.3 Å². The molecule has 4 rings (SSSR count). The van der Waals surface area contributed by atoms with E-state index < -0.39 is 0 Å². The molecule has 0 radical (unpaired) electrons. The molecule has 0 unspecified atom stereocenters. The second-order valence-corrected chi connectivity index (χ2v) is 9.34. The Kier molecular flexibility index (Phi) is 6.98. The van der Waals surface area contributed by atoms with Gasteiger partial charge in [-0.15, -0.1) is 0 Å². The number of aromatic nitrogens is 3. The van der Waals surface area contributed by atoms with E-state index in [1.807, 2.05) is 17.7 Å². The van der Waals surface area contributed by atoms with Crippen LogP contribution in [0.5, 0.6) is 5.75 Å². The van der Waals surface area contributed by atoms with Crippen molar-refractivity contribution in [1.82, 2.24) is 14.5 Å². The van der Waals surface area contributed by atoms with Crippen LogP contribution in [0.4, 0.5) is 5.13 Å². The van der Waals surface area contributed by atoms with Crippen molar-refractivity contribution in [3.05, 3.63) is 70.2 Å². The van der Waals surface area contributed by atoms with Crippen molar-refractivity contribution in [2.45, 2.75) is 26.8 Å². The topological polar surface area (TPSA) is 60.2 Å². The molecule has 0 aliphatic rings. The lowest BCUT2D eigenvalue weighted by atomic mass is 10.1. The fourth-order valence-corrected chi connectivity index (χ4v) is 5.09. The second kappa shape index (κ2) is 9.90. The van der Waals surface area contributed by atoms with Crippen LogP contribution in [0.3, 0.4) is 0 Å². The molecule has 2 heterocycles. The minimum atomic E-state index is -0.185. The zero-order valence-corrected chi connectivity index (χ0v) is 20.0. The van der Waals surface area contributed by atoms with Gasteiger partial charge < -0.3 is 9.30 Å². The van der Waals surface area contributed by atoms with E-state index in [2.05, 4.69) is 24.0 Å². The average Bonchev–Trinajstić information content (AvgIpc) is 3.40. The van der Waals surface area contributed by atoms with Crippen LogP contribution < -0.4 is 9.64 Å². The summed E-state index contributed by atoms with van der Waals surface area (Å²) in [4.78, 5) is 23.7. The smallest absolute Gasteiger partial charge is 0.266 e. The number of carbonyl (C=O) groups is 1. The van der Waals surface area contributed by atoms with E-state index in [-0.39, 0.29) is 12.5 Å². The molecule has 9 heteroatoms. The Bertz CT molecular complexity index is 1240. The summed E-state index contributed by atoms with van der Waals surface area (Å²) >= 11 is 13.6. The number of benzene rings is 2. The monoisotopic (exact) mass is 488 g/mol. The number of anilines is 1. The third kappa shape index (κ3) is 5.23. The second-order valence-electron chi connectivity index (χ2n) is 7.49. The van der Waals surface area contributed by atoms with Gasteiger partial charge in [0.15, 0.2) is 11.7 Å². The Hall–Kier alpha value is -2.61. The van der Waals surface area contributed by atoms with Gasteiger partial charge in [-0.3, -0.25) is 9.69 Å². The highest BCUT2D eigenvalue weighted by molar-refractivity contribution is 7.22. The first-order valence-electron chi connectivity index (χ1n) is 10.1. The minimum absolute atomic E-state index is 0.152. The first-order chi connectivity index (χ1) is 15.4. The van der Waals surface area contributed by atoms with Gasteiger partial charge in [-0.1, -0.05) is 40.6 Å². The van der Waals surface area contributed by atoms with Crippen molar-refractivity contribution in [3.8, 4) is 5.75 Å². The number of aryl methyl sites for hydroxylation is 3. The summed E-state index contributed by atoms with van der Waals surface area (Å²) in [5.41, 5.74) is 3.19. The number of rotatable bonds is 8. The molecule has 2 aromatic carbocycles. The summed E-state index contributed by atoms with van der Waals surface area (Å²) in [5.74, 6) is 0.230. The predicted molar refractivity (Wildman–Crippen MR) is 130 cm³/mol. The van der Waals surface area contributed by atoms with E-state index in [4.69, 9.17) is 32.9 Å². The third-order valence-electron chi connectivity index (χ3n) is 4.95. The summed E-state index contributed by atoms with van der Waals surface area (Å²) < 4.78 is 8.75. The van der Waals surface area contributed by atoms with Gasteiger partial charge in [-0.2, -0.15) is 0 Å². The Morgan fingerprint density at radius 3 is 2.81 bits per heavy atom. The number of carbonyl (C=O) groups excluding carboxylic acids is 1. The molecular formula is C23H22Cl2N4O2S. The first-order valence-corrected chi connectivity index (χ1v) is 11.7. The number of thiazole rings is 1. The molecule has 0 aliphatic carbocycles. The zero-order valence-electron chi connectivity index (χ0n) is 17.7. The van der Waals surface area contributed by atoms with Gasteiger partial charge in [0.25, 0.3) is 5.91 Å². The maximum absolute atomic E-state index is 13.2. The lowest BCUT2D eigenvalue weighted by molar-refractivity contribution is -0.120. The molecule has 0 N–H and O–H groups in total. The lowest BCUT2D eigenvalue weighted by Crippen LogP contribution is -2.36. The van der Waals surface area contributed by atoms with E-state index >= 15 is 0 Å². The minimum Gasteiger partial charge on any atom is -0.482 e. The third-order valence-corrected chi connectivity index (χ3v) is 6.51. The highest BCUT2D eigenvalue weighted by Gasteiger charge is 2.21. The molecule has 0 bridgehead atoms. The predicted octanol–water partition coefficient (Wildman–Crippen LogP) is 5.92. The molecule has 4 aromatic rings. The molecular weight excluding hydrogens is 467 g/mol. The van der Waals surface area contributed by atoms with Gasteiger partial charge in [0, 0.05) is 30.5 Å². The van der Waals surface area contributed by atoms with Crippen molar-refractivity contribution in [1.29, 1.82) is 0 Å². The maximum atomic E-state index is 13.2. The first kappa shape index (κ1) is 22.6. The SMILES string of the molecule is Cc1cc(C)c2nc(N(CCCn3ccnc3)C(=O)COc3ccc(Cl)cc3Cl)sc2c1.